The monoisotopic (exact) mass is 617 g/mol. The number of nitrogens with one attached hydrogen (secondary N) is 3. The van der Waals surface area contributed by atoms with Crippen molar-refractivity contribution in [1.29, 1.82) is 0 Å². The second kappa shape index (κ2) is 16.7. The Labute approximate surface area is 269 Å². The molecular formula is C37H68N4O3. The molecule has 7 nitrogen and oxygen atoms in total. The highest BCUT2D eigenvalue weighted by molar-refractivity contribution is 5.69. The maximum atomic E-state index is 11.7. The molecule has 4 aliphatic carbocycles. The van der Waals surface area contributed by atoms with Gasteiger partial charge in [-0.1, -0.05) is 52.2 Å². The summed E-state index contributed by atoms with van der Waals surface area (Å²) in [5.74, 6) is 2.00. The summed E-state index contributed by atoms with van der Waals surface area (Å²) < 4.78 is 0. The first-order chi connectivity index (χ1) is 21.1. The maximum absolute atomic E-state index is 11.7. The molecule has 0 aromatic heterocycles. The SMILES string of the molecule is CC(CCC[C@@H](C)[C@H]1CCC2C3C(CC[C@@]21C)[C@@]1(C)CC[C@H](NCCCNCCCCNCCCN)CC1=C[C@H]3O)C(=O)O. The predicted octanol–water partition coefficient (Wildman–Crippen LogP) is 5.72. The van der Waals surface area contributed by atoms with Crippen LogP contribution in [0.1, 0.15) is 118 Å². The molecule has 0 aliphatic heterocycles. The van der Waals surface area contributed by atoms with E-state index in [-0.39, 0.29) is 17.4 Å². The minimum absolute atomic E-state index is 0.237. The Balaban J connectivity index is 1.22. The molecular weight excluding hydrogens is 548 g/mol. The molecule has 0 radical (unpaired) electrons. The van der Waals surface area contributed by atoms with E-state index < -0.39 is 5.97 Å². The molecule has 0 spiro atoms. The highest BCUT2D eigenvalue weighted by atomic mass is 16.4. The van der Waals surface area contributed by atoms with E-state index in [0.29, 0.717) is 41.0 Å². The summed E-state index contributed by atoms with van der Waals surface area (Å²) in [5, 5.41) is 31.9. The zero-order chi connectivity index (χ0) is 31.7. The van der Waals surface area contributed by atoms with Gasteiger partial charge in [0.15, 0.2) is 0 Å². The van der Waals surface area contributed by atoms with Crippen molar-refractivity contribution in [3.05, 3.63) is 11.6 Å². The van der Waals surface area contributed by atoms with Crippen LogP contribution in [-0.4, -0.2) is 67.6 Å². The highest BCUT2D eigenvalue weighted by Gasteiger charge is 2.61. The molecule has 254 valence electrons. The lowest BCUT2D eigenvalue weighted by atomic mass is 9.46. The Hall–Kier alpha value is -0.990. The summed E-state index contributed by atoms with van der Waals surface area (Å²) in [6.07, 6.45) is 18.2. The van der Waals surface area contributed by atoms with Crippen molar-refractivity contribution in [1.82, 2.24) is 16.0 Å². The van der Waals surface area contributed by atoms with Crippen LogP contribution in [0.5, 0.6) is 0 Å². The van der Waals surface area contributed by atoms with Gasteiger partial charge < -0.3 is 31.9 Å². The molecule has 0 aromatic carbocycles. The number of rotatable bonds is 19. The highest BCUT2D eigenvalue weighted by Crippen LogP contribution is 2.67. The van der Waals surface area contributed by atoms with Crippen molar-refractivity contribution < 1.29 is 15.0 Å². The van der Waals surface area contributed by atoms with Gasteiger partial charge in [-0.2, -0.15) is 0 Å². The Morgan fingerprint density at radius 3 is 2.32 bits per heavy atom. The topological polar surface area (TPSA) is 120 Å². The Kier molecular flexibility index (Phi) is 13.6. The van der Waals surface area contributed by atoms with Crippen LogP contribution in [0.15, 0.2) is 11.6 Å². The fourth-order valence-electron chi connectivity index (χ4n) is 10.4. The van der Waals surface area contributed by atoms with Crippen LogP contribution in [-0.2, 0) is 4.79 Å². The van der Waals surface area contributed by atoms with Gasteiger partial charge in [0, 0.05) is 6.04 Å². The van der Waals surface area contributed by atoms with E-state index in [1.807, 2.05) is 6.92 Å². The number of fused-ring (bicyclic) bond motifs is 5. The van der Waals surface area contributed by atoms with Gasteiger partial charge in [0.05, 0.1) is 12.0 Å². The van der Waals surface area contributed by atoms with E-state index in [0.717, 1.165) is 77.8 Å². The van der Waals surface area contributed by atoms with Crippen molar-refractivity contribution in [3.63, 3.8) is 0 Å². The second-order valence-corrected chi connectivity index (χ2v) is 15.9. The second-order valence-electron chi connectivity index (χ2n) is 15.9. The van der Waals surface area contributed by atoms with Crippen molar-refractivity contribution in [2.24, 2.45) is 52.1 Å². The van der Waals surface area contributed by atoms with E-state index in [4.69, 9.17) is 5.73 Å². The molecule has 4 unspecified atom stereocenters. The molecule has 4 rings (SSSR count). The summed E-state index contributed by atoms with van der Waals surface area (Å²) in [6.45, 7) is 15.5. The quantitative estimate of drug-likeness (QED) is 0.0812. The van der Waals surface area contributed by atoms with Crippen LogP contribution in [0.3, 0.4) is 0 Å². The molecule has 7 N–H and O–H groups in total. The van der Waals surface area contributed by atoms with Gasteiger partial charge in [-0.05, 0) is 157 Å². The van der Waals surface area contributed by atoms with E-state index in [2.05, 4.69) is 42.8 Å². The number of carboxylic acid groups (broad SMARTS) is 1. The lowest BCUT2D eigenvalue weighted by Crippen LogP contribution is -2.55. The average Bonchev–Trinajstić information content (AvgIpc) is 3.35. The summed E-state index contributed by atoms with van der Waals surface area (Å²) in [4.78, 5) is 11.3. The van der Waals surface area contributed by atoms with Crippen LogP contribution in [0.4, 0.5) is 0 Å². The van der Waals surface area contributed by atoms with Gasteiger partial charge in [0.2, 0.25) is 0 Å². The summed E-state index contributed by atoms with van der Waals surface area (Å²) in [5.41, 5.74) is 7.61. The van der Waals surface area contributed by atoms with Crippen LogP contribution in [0.25, 0.3) is 0 Å². The van der Waals surface area contributed by atoms with Crippen LogP contribution >= 0.6 is 0 Å². The summed E-state index contributed by atoms with van der Waals surface area (Å²) in [7, 11) is 0. The van der Waals surface area contributed by atoms with E-state index in [1.54, 1.807) is 0 Å². The Morgan fingerprint density at radius 2 is 1.61 bits per heavy atom. The molecule has 3 saturated carbocycles. The third-order valence-electron chi connectivity index (χ3n) is 13.1. The zero-order valence-electron chi connectivity index (χ0n) is 28.7. The van der Waals surface area contributed by atoms with Gasteiger partial charge in [-0.25, -0.2) is 0 Å². The average molecular weight is 617 g/mol. The van der Waals surface area contributed by atoms with Gasteiger partial charge >= 0.3 is 5.97 Å². The third kappa shape index (κ3) is 8.48. The normalized spacial score (nSPS) is 36.2. The van der Waals surface area contributed by atoms with E-state index >= 15 is 0 Å². The lowest BCUT2D eigenvalue weighted by Gasteiger charge is -2.59. The molecule has 44 heavy (non-hydrogen) atoms. The molecule has 3 fully saturated rings. The molecule has 10 atom stereocenters. The number of carboxylic acids is 1. The van der Waals surface area contributed by atoms with E-state index in [9.17, 15) is 15.0 Å². The van der Waals surface area contributed by atoms with Gasteiger partial charge in [0.25, 0.3) is 0 Å². The number of carbonyl (C=O) groups is 1. The minimum atomic E-state index is -0.668. The van der Waals surface area contributed by atoms with Crippen molar-refractivity contribution in [3.8, 4) is 0 Å². The third-order valence-corrected chi connectivity index (χ3v) is 13.1. The largest absolute Gasteiger partial charge is 0.481 e. The lowest BCUT2D eigenvalue weighted by molar-refractivity contribution is -0.141. The smallest absolute Gasteiger partial charge is 0.306 e. The number of unbranched alkanes of at least 4 members (excludes halogenated alkanes) is 1. The van der Waals surface area contributed by atoms with Gasteiger partial charge in [-0.3, -0.25) is 4.79 Å². The summed E-state index contributed by atoms with van der Waals surface area (Å²) >= 11 is 0. The molecule has 0 aromatic rings. The number of nitrogens with two attached hydrogens (primary N) is 1. The number of aliphatic carboxylic acids is 1. The fraction of sp³-hybridized carbons (Fsp3) is 0.919. The number of aliphatic hydroxyl groups is 1. The molecule has 4 aliphatic rings. The van der Waals surface area contributed by atoms with Crippen LogP contribution < -0.4 is 21.7 Å². The molecule has 0 bridgehead atoms. The van der Waals surface area contributed by atoms with E-state index in [1.165, 1.54) is 56.9 Å². The molecule has 7 heteroatoms. The first kappa shape index (κ1) is 35.9. The van der Waals surface area contributed by atoms with Crippen LogP contribution in [0.2, 0.25) is 0 Å². The van der Waals surface area contributed by atoms with Gasteiger partial charge in [-0.15, -0.1) is 0 Å². The number of hydrogen-bond donors (Lipinski definition) is 6. The van der Waals surface area contributed by atoms with Crippen molar-refractivity contribution in [2.45, 2.75) is 130 Å². The minimum Gasteiger partial charge on any atom is -0.481 e. The predicted molar refractivity (Wildman–Crippen MR) is 181 cm³/mol. The first-order valence-corrected chi connectivity index (χ1v) is 18.6. The van der Waals surface area contributed by atoms with Crippen molar-refractivity contribution >= 4 is 5.97 Å². The standard InChI is InChI=1S/C37H68N4O3/c1-26(10-7-11-27(2)35(43)44)30-12-13-31-34-32(15-17-37(30,31)4)36(3)16-14-29(24-28(36)25-33(34)42)41-23-9-22-40-20-6-5-19-39-21-8-18-38/h25-27,29-34,39-42H,5-24,38H2,1-4H3,(H,43,44)/t26-,27?,29+,30-,31?,32?,33-,34?,36+,37-/m1/s1. The number of aliphatic hydroxyl groups excluding tert-OH is 1. The van der Waals surface area contributed by atoms with Crippen LogP contribution in [0, 0.1) is 46.3 Å². The Morgan fingerprint density at radius 1 is 0.909 bits per heavy atom. The Bertz CT molecular complexity index is 928. The maximum Gasteiger partial charge on any atom is 0.306 e. The van der Waals surface area contributed by atoms with Crippen molar-refractivity contribution in [2.75, 3.05) is 39.3 Å². The van der Waals surface area contributed by atoms with Gasteiger partial charge in [0.1, 0.15) is 0 Å². The summed E-state index contributed by atoms with van der Waals surface area (Å²) in [6, 6.07) is 0.534. The molecule has 0 saturated heterocycles. The molecule has 0 heterocycles. The molecule has 0 amide bonds. The first-order valence-electron chi connectivity index (χ1n) is 18.6. The fourth-order valence-corrected chi connectivity index (χ4v) is 10.4. The number of hydrogen-bond acceptors (Lipinski definition) is 6. The zero-order valence-corrected chi connectivity index (χ0v) is 28.7.